The third-order valence-corrected chi connectivity index (χ3v) is 4.46. The molecule has 0 N–H and O–H groups in total. The molecular formula is C20H16F3N3O3. The van der Waals surface area contributed by atoms with Crippen molar-refractivity contribution in [2.24, 2.45) is 0 Å². The van der Waals surface area contributed by atoms with Gasteiger partial charge in [-0.2, -0.15) is 0 Å². The van der Waals surface area contributed by atoms with Gasteiger partial charge in [-0.3, -0.25) is 4.79 Å². The summed E-state index contributed by atoms with van der Waals surface area (Å²) in [5.74, 6) is -0.446. The highest BCUT2D eigenvalue weighted by molar-refractivity contribution is 5.94. The first-order valence-corrected chi connectivity index (χ1v) is 8.91. The summed E-state index contributed by atoms with van der Waals surface area (Å²) < 4.78 is 46.9. The van der Waals surface area contributed by atoms with Crippen LogP contribution in [-0.2, 0) is 0 Å². The normalized spacial score (nSPS) is 16.8. The summed E-state index contributed by atoms with van der Waals surface area (Å²) in [6.45, 7) is 0.729. The topological polar surface area (TPSA) is 64.5 Å². The quantitative estimate of drug-likeness (QED) is 0.663. The molecule has 9 heteroatoms. The second kappa shape index (κ2) is 7.57. The SMILES string of the molecule is O=C(c1cccc(OC(F)(F)F)c1)N1CCC(Oc2cnc3ccccc3n2)C1. The number of carbonyl (C=O) groups is 1. The molecular weight excluding hydrogens is 387 g/mol. The van der Waals surface area contributed by atoms with Crippen LogP contribution in [0.25, 0.3) is 11.0 Å². The number of fused-ring (bicyclic) bond motifs is 1. The standard InChI is InChI=1S/C20H16F3N3O3/c21-20(22,23)29-14-5-3-4-13(10-14)19(27)26-9-8-15(12-26)28-18-11-24-16-6-1-2-7-17(16)25-18/h1-7,10-11,15H,8-9,12H2. The molecule has 1 unspecified atom stereocenters. The Balaban J connectivity index is 1.41. The van der Waals surface area contributed by atoms with Crippen LogP contribution in [0.1, 0.15) is 16.8 Å². The number of amides is 1. The highest BCUT2D eigenvalue weighted by Crippen LogP contribution is 2.25. The van der Waals surface area contributed by atoms with Crippen LogP contribution in [-0.4, -0.2) is 46.3 Å². The molecule has 2 heterocycles. The number of para-hydroxylation sites is 2. The molecule has 1 aliphatic rings. The Morgan fingerprint density at radius 3 is 2.69 bits per heavy atom. The van der Waals surface area contributed by atoms with Gasteiger partial charge in [0.1, 0.15) is 11.9 Å². The maximum absolute atomic E-state index is 12.6. The number of benzene rings is 2. The van der Waals surface area contributed by atoms with Gasteiger partial charge in [0.15, 0.2) is 0 Å². The minimum Gasteiger partial charge on any atom is -0.471 e. The zero-order valence-corrected chi connectivity index (χ0v) is 15.1. The summed E-state index contributed by atoms with van der Waals surface area (Å²) in [5.41, 5.74) is 1.58. The Bertz CT molecular complexity index is 1040. The molecule has 0 radical (unpaired) electrons. The van der Waals surface area contributed by atoms with E-state index >= 15 is 0 Å². The van der Waals surface area contributed by atoms with Gasteiger partial charge in [-0.05, 0) is 30.3 Å². The molecule has 0 saturated carbocycles. The lowest BCUT2D eigenvalue weighted by atomic mass is 10.2. The number of hydrogen-bond acceptors (Lipinski definition) is 5. The molecule has 1 aliphatic heterocycles. The Morgan fingerprint density at radius 2 is 1.90 bits per heavy atom. The molecule has 150 valence electrons. The van der Waals surface area contributed by atoms with Gasteiger partial charge in [-0.15, -0.1) is 13.2 Å². The van der Waals surface area contributed by atoms with Crippen molar-refractivity contribution in [1.82, 2.24) is 14.9 Å². The Morgan fingerprint density at radius 1 is 1.10 bits per heavy atom. The highest BCUT2D eigenvalue weighted by Gasteiger charge is 2.32. The van der Waals surface area contributed by atoms with Gasteiger partial charge < -0.3 is 14.4 Å². The van der Waals surface area contributed by atoms with Crippen LogP contribution in [0.5, 0.6) is 11.6 Å². The first-order chi connectivity index (χ1) is 13.9. The van der Waals surface area contributed by atoms with Gasteiger partial charge in [-0.25, -0.2) is 9.97 Å². The van der Waals surface area contributed by atoms with Crippen LogP contribution in [0.15, 0.2) is 54.7 Å². The van der Waals surface area contributed by atoms with E-state index in [9.17, 15) is 18.0 Å². The lowest BCUT2D eigenvalue weighted by Crippen LogP contribution is -2.31. The van der Waals surface area contributed by atoms with E-state index in [4.69, 9.17) is 4.74 Å². The van der Waals surface area contributed by atoms with Crippen molar-refractivity contribution in [3.05, 3.63) is 60.3 Å². The van der Waals surface area contributed by atoms with Gasteiger partial charge in [0.05, 0.1) is 23.8 Å². The summed E-state index contributed by atoms with van der Waals surface area (Å²) in [5, 5.41) is 0. The molecule has 1 aromatic heterocycles. The van der Waals surface area contributed by atoms with E-state index in [1.54, 1.807) is 0 Å². The minimum absolute atomic E-state index is 0.123. The van der Waals surface area contributed by atoms with E-state index in [1.807, 2.05) is 24.3 Å². The van der Waals surface area contributed by atoms with Gasteiger partial charge in [0.25, 0.3) is 5.91 Å². The van der Waals surface area contributed by atoms with Crippen molar-refractivity contribution in [1.29, 1.82) is 0 Å². The van der Waals surface area contributed by atoms with Crippen molar-refractivity contribution in [3.63, 3.8) is 0 Å². The third-order valence-electron chi connectivity index (χ3n) is 4.46. The van der Waals surface area contributed by atoms with Gasteiger partial charge in [0, 0.05) is 18.5 Å². The van der Waals surface area contributed by atoms with Crippen LogP contribution in [0, 0.1) is 0 Å². The average Bonchev–Trinajstić information content (AvgIpc) is 3.14. The molecule has 0 spiro atoms. The smallest absolute Gasteiger partial charge is 0.471 e. The molecule has 2 aromatic carbocycles. The summed E-state index contributed by atoms with van der Waals surface area (Å²) in [6.07, 6.45) is -2.97. The van der Waals surface area contributed by atoms with Gasteiger partial charge in [-0.1, -0.05) is 18.2 Å². The van der Waals surface area contributed by atoms with Crippen molar-refractivity contribution in [2.45, 2.75) is 18.9 Å². The van der Waals surface area contributed by atoms with Crippen molar-refractivity contribution in [2.75, 3.05) is 13.1 Å². The van der Waals surface area contributed by atoms with E-state index in [0.717, 1.165) is 17.6 Å². The molecule has 1 saturated heterocycles. The molecule has 29 heavy (non-hydrogen) atoms. The number of hydrogen-bond donors (Lipinski definition) is 0. The second-order valence-corrected chi connectivity index (χ2v) is 6.55. The Kier molecular flexibility index (Phi) is 4.96. The van der Waals surface area contributed by atoms with Crippen LogP contribution < -0.4 is 9.47 Å². The number of carbonyl (C=O) groups excluding carboxylic acids is 1. The van der Waals surface area contributed by atoms with E-state index in [0.29, 0.717) is 30.9 Å². The Labute approximate surface area is 163 Å². The summed E-state index contributed by atoms with van der Waals surface area (Å²) in [6, 6.07) is 12.4. The molecule has 4 rings (SSSR count). The number of alkyl halides is 3. The van der Waals surface area contributed by atoms with Crippen LogP contribution in [0.2, 0.25) is 0 Å². The van der Waals surface area contributed by atoms with Gasteiger partial charge >= 0.3 is 6.36 Å². The first-order valence-electron chi connectivity index (χ1n) is 8.91. The zero-order valence-electron chi connectivity index (χ0n) is 15.1. The largest absolute Gasteiger partial charge is 0.573 e. The maximum atomic E-state index is 12.6. The summed E-state index contributed by atoms with van der Waals surface area (Å²) in [7, 11) is 0. The van der Waals surface area contributed by atoms with Crippen LogP contribution in [0.4, 0.5) is 13.2 Å². The number of likely N-dealkylation sites (tertiary alicyclic amines) is 1. The van der Waals surface area contributed by atoms with Crippen molar-refractivity contribution in [3.8, 4) is 11.6 Å². The lowest BCUT2D eigenvalue weighted by molar-refractivity contribution is -0.274. The van der Waals surface area contributed by atoms with E-state index in [1.165, 1.54) is 23.2 Å². The fraction of sp³-hybridized carbons (Fsp3) is 0.250. The molecule has 0 aliphatic carbocycles. The molecule has 0 bridgehead atoms. The number of nitrogens with zero attached hydrogens (tertiary/aromatic N) is 3. The van der Waals surface area contributed by atoms with Gasteiger partial charge in [0.2, 0.25) is 5.88 Å². The molecule has 1 fully saturated rings. The number of aromatic nitrogens is 2. The molecule has 3 aromatic rings. The first kappa shape index (κ1) is 19.0. The van der Waals surface area contributed by atoms with Crippen LogP contribution in [0.3, 0.4) is 0 Å². The minimum atomic E-state index is -4.81. The zero-order chi connectivity index (χ0) is 20.4. The summed E-state index contributed by atoms with van der Waals surface area (Å²) >= 11 is 0. The average molecular weight is 403 g/mol. The second-order valence-electron chi connectivity index (χ2n) is 6.55. The number of rotatable bonds is 4. The molecule has 1 atom stereocenters. The predicted octanol–water partition coefficient (Wildman–Crippen LogP) is 3.82. The highest BCUT2D eigenvalue weighted by atomic mass is 19.4. The third kappa shape index (κ3) is 4.56. The number of halogens is 3. The van der Waals surface area contributed by atoms with Crippen LogP contribution >= 0.6 is 0 Å². The molecule has 1 amide bonds. The fourth-order valence-electron chi connectivity index (χ4n) is 3.19. The maximum Gasteiger partial charge on any atom is 0.573 e. The van der Waals surface area contributed by atoms with E-state index in [2.05, 4.69) is 14.7 Å². The van der Waals surface area contributed by atoms with Crippen molar-refractivity contribution >= 4 is 16.9 Å². The molecule has 6 nitrogen and oxygen atoms in total. The summed E-state index contributed by atoms with van der Waals surface area (Å²) in [4.78, 5) is 22.9. The number of ether oxygens (including phenoxy) is 2. The van der Waals surface area contributed by atoms with Crippen molar-refractivity contribution < 1.29 is 27.4 Å². The lowest BCUT2D eigenvalue weighted by Gasteiger charge is -2.17. The fourth-order valence-corrected chi connectivity index (χ4v) is 3.19. The van der Waals surface area contributed by atoms with E-state index < -0.39 is 12.1 Å². The van der Waals surface area contributed by atoms with E-state index in [-0.39, 0.29) is 17.6 Å². The monoisotopic (exact) mass is 403 g/mol. The Hall–Kier alpha value is -3.36. The predicted molar refractivity (Wildman–Crippen MR) is 97.6 cm³/mol.